The maximum absolute atomic E-state index is 0. The Labute approximate surface area is 86.8 Å². The number of rotatable bonds is 0. The van der Waals surface area contributed by atoms with Gasteiger partial charge in [0.05, 0.1) is 0 Å². The Bertz CT molecular complexity index is 4.69. The molecule has 0 atom stereocenters. The van der Waals surface area contributed by atoms with Crippen LogP contribution < -0.4 is 0 Å². The summed E-state index contributed by atoms with van der Waals surface area (Å²) in [5.74, 6) is 0. The van der Waals surface area contributed by atoms with E-state index in [4.69, 9.17) is 0 Å². The summed E-state index contributed by atoms with van der Waals surface area (Å²) < 4.78 is 0. The molecule has 0 amide bonds. The molecule has 0 heterocycles. The topological polar surface area (TPSA) is 284 Å². The van der Waals surface area contributed by atoms with Gasteiger partial charge < -0.3 is 49.3 Å². The molecule has 0 aromatic carbocycles. The second-order valence-electron chi connectivity index (χ2n) is 0. The third kappa shape index (κ3) is 686. The fourth-order valence-electron chi connectivity index (χ4n) is 0. The van der Waals surface area contributed by atoms with Crippen LogP contribution in [0.15, 0.2) is 0 Å². The van der Waals surface area contributed by atoms with E-state index >= 15 is 0 Å². The van der Waals surface area contributed by atoms with Gasteiger partial charge in [-0.3, -0.25) is 0 Å². The van der Waals surface area contributed by atoms with Crippen LogP contribution in [0.3, 0.4) is 0 Å². The van der Waals surface area contributed by atoms with Crippen LogP contribution in [0.1, 0.15) is 0 Å². The molecule has 0 spiro atoms. The summed E-state index contributed by atoms with van der Waals surface area (Å²) in [7, 11) is 0. The van der Waals surface area contributed by atoms with Crippen molar-refractivity contribution >= 4 is 37.7 Å². The van der Waals surface area contributed by atoms with Gasteiger partial charge in [-0.15, -0.1) is 0 Å². The van der Waals surface area contributed by atoms with Gasteiger partial charge in [-0.2, -0.15) is 0 Å². The Morgan fingerprint density at radius 3 is 0.200 bits per heavy atom. The van der Waals surface area contributed by atoms with Crippen LogP contribution in [0.5, 0.6) is 0 Å². The minimum absolute atomic E-state index is 0. The van der Waals surface area contributed by atoms with Gasteiger partial charge in [0.1, 0.15) is 0 Å². The second kappa shape index (κ2) is 969. The maximum atomic E-state index is 0. The first kappa shape index (κ1) is 1320. The van der Waals surface area contributed by atoms with Crippen molar-refractivity contribution in [3.05, 3.63) is 0 Å². The van der Waals surface area contributed by atoms with E-state index < -0.39 is 0 Å². The molecule has 0 aromatic heterocycles. The molecule has 0 bridgehead atoms. The molecular weight excluding hydrogens is 184 g/mol. The zero-order valence-electron chi connectivity index (χ0n) is 4.50. The molecule has 76 valence electrons. The van der Waals surface area contributed by atoms with Gasteiger partial charge in [-0.05, 0) is 0 Å². The molecule has 10 heavy (non-hydrogen) atoms. The molecule has 9 nitrogen and oxygen atoms in total. The predicted octanol–water partition coefficient (Wildman–Crippen LogP) is -8.34. The minimum atomic E-state index is 0. The van der Waals surface area contributed by atoms with Crippen molar-refractivity contribution < 1.29 is 49.3 Å². The molecule has 0 rings (SSSR count). The van der Waals surface area contributed by atoms with Crippen molar-refractivity contribution in [3.8, 4) is 0 Å². The zero-order valence-corrected chi connectivity index (χ0v) is 4.50. The summed E-state index contributed by atoms with van der Waals surface area (Å²) >= 11 is 0. The van der Waals surface area contributed by atoms with Gasteiger partial charge in [-0.1, -0.05) is 0 Å². The fourth-order valence-corrected chi connectivity index (χ4v) is 0. The van der Waals surface area contributed by atoms with Crippen molar-refractivity contribution in [1.29, 1.82) is 0 Å². The second-order valence-corrected chi connectivity index (χ2v) is 0. The van der Waals surface area contributed by atoms with Crippen molar-refractivity contribution in [2.24, 2.45) is 0 Å². The molecule has 0 saturated heterocycles. The van der Waals surface area contributed by atoms with E-state index in [1.807, 2.05) is 0 Å². The van der Waals surface area contributed by atoms with Gasteiger partial charge in [0.25, 0.3) is 0 Å². The van der Waals surface area contributed by atoms with Gasteiger partial charge in [0, 0.05) is 0 Å². The van der Waals surface area contributed by atoms with Crippen LogP contribution in [-0.4, -0.2) is 87.0 Å². The van der Waals surface area contributed by atoms with Crippen LogP contribution >= 0.6 is 0 Å². The SMILES string of the molecule is O.O.O.O.O.O.O.O.O.[CaH2]. The van der Waals surface area contributed by atoms with E-state index in [-0.39, 0.29) is 87.0 Å². The van der Waals surface area contributed by atoms with Crippen molar-refractivity contribution in [2.45, 2.75) is 0 Å². The number of hydrogen-bond acceptors (Lipinski definition) is 0. The summed E-state index contributed by atoms with van der Waals surface area (Å²) in [5, 5.41) is 0. The predicted molar refractivity (Wildman–Crippen MR) is 41.1 cm³/mol. The molecule has 18 N–H and O–H groups in total. The van der Waals surface area contributed by atoms with Gasteiger partial charge in [0.2, 0.25) is 0 Å². The summed E-state index contributed by atoms with van der Waals surface area (Å²) in [6.07, 6.45) is 0. The summed E-state index contributed by atoms with van der Waals surface area (Å²) in [6, 6.07) is 0. The normalized spacial score (nSPS) is 0. The van der Waals surface area contributed by atoms with Gasteiger partial charge in [0.15, 0.2) is 0 Å². The monoisotopic (exact) mass is 204 g/mol. The molecule has 0 aliphatic heterocycles. The van der Waals surface area contributed by atoms with E-state index in [0.29, 0.717) is 0 Å². The fraction of sp³-hybridized carbons (Fsp3) is 0. The Morgan fingerprint density at radius 2 is 0.200 bits per heavy atom. The van der Waals surface area contributed by atoms with E-state index in [9.17, 15) is 0 Å². The molecule has 10 heteroatoms. The Hall–Kier alpha value is 0.900. The third-order valence-corrected chi connectivity index (χ3v) is 0. The molecule has 0 aromatic rings. The quantitative estimate of drug-likeness (QED) is 0.332. The van der Waals surface area contributed by atoms with Crippen LogP contribution in [0, 0.1) is 0 Å². The molecule has 0 aliphatic carbocycles. The van der Waals surface area contributed by atoms with Crippen LogP contribution in [0.25, 0.3) is 0 Å². The van der Waals surface area contributed by atoms with Crippen LogP contribution in [0.2, 0.25) is 0 Å². The average molecular weight is 204 g/mol. The molecule has 0 aliphatic rings. The van der Waals surface area contributed by atoms with E-state index in [1.165, 1.54) is 0 Å². The van der Waals surface area contributed by atoms with Crippen molar-refractivity contribution in [2.75, 3.05) is 0 Å². The molecular formula is H20CaO9. The Kier molecular flexibility index (Phi) is 128000. The van der Waals surface area contributed by atoms with Gasteiger partial charge in [-0.25, -0.2) is 0 Å². The van der Waals surface area contributed by atoms with Crippen molar-refractivity contribution in [1.82, 2.24) is 0 Å². The Morgan fingerprint density at radius 1 is 0.200 bits per heavy atom. The van der Waals surface area contributed by atoms with E-state index in [1.54, 1.807) is 0 Å². The first-order valence-corrected chi connectivity index (χ1v) is 0. The summed E-state index contributed by atoms with van der Waals surface area (Å²) in [5.41, 5.74) is 0. The first-order valence-electron chi connectivity index (χ1n) is 0. The molecule has 0 fully saturated rings. The average Bonchev–Trinajstić information content (AvgIpc) is 0. The van der Waals surface area contributed by atoms with Crippen molar-refractivity contribution in [3.63, 3.8) is 0 Å². The van der Waals surface area contributed by atoms with E-state index in [2.05, 4.69) is 0 Å². The summed E-state index contributed by atoms with van der Waals surface area (Å²) in [6.45, 7) is 0. The Balaban J connectivity index is 0. The van der Waals surface area contributed by atoms with Crippen LogP contribution in [0.4, 0.5) is 0 Å². The zero-order chi connectivity index (χ0) is 0. The molecule has 0 saturated carbocycles. The first-order chi connectivity index (χ1) is 0. The summed E-state index contributed by atoms with van der Waals surface area (Å²) in [4.78, 5) is 0. The third-order valence-electron chi connectivity index (χ3n) is 0. The van der Waals surface area contributed by atoms with Gasteiger partial charge >= 0.3 is 37.7 Å². The molecule has 0 radical (unpaired) electrons. The van der Waals surface area contributed by atoms with Crippen LogP contribution in [-0.2, 0) is 0 Å². The molecule has 0 unspecified atom stereocenters. The van der Waals surface area contributed by atoms with E-state index in [0.717, 1.165) is 0 Å². The standard InChI is InChI=1S/Ca.9H2O.2H/h;9*1H2;;. The number of hydrogen-bond donors (Lipinski definition) is 0.